The number of nitrogens with one attached hydrogen (secondary N) is 2. The smallest absolute Gasteiger partial charge is 0.233 e. The molecule has 1 amide bonds. The third kappa shape index (κ3) is 6.04. The number of amides is 1. The maximum atomic E-state index is 11.9. The topological polar surface area (TPSA) is 41.1 Å². The van der Waals surface area contributed by atoms with Crippen LogP contribution in [0.3, 0.4) is 0 Å². The Labute approximate surface area is 128 Å². The van der Waals surface area contributed by atoms with E-state index in [1.165, 1.54) is 11.8 Å². The van der Waals surface area contributed by atoms with E-state index in [0.29, 0.717) is 16.6 Å². The molecular weight excluding hydrogens is 303 g/mol. The van der Waals surface area contributed by atoms with Crippen molar-refractivity contribution in [1.82, 2.24) is 10.6 Å². The first kappa shape index (κ1) is 16.6. The van der Waals surface area contributed by atoms with Crippen molar-refractivity contribution in [3.05, 3.63) is 28.2 Å². The molecule has 0 heterocycles. The highest BCUT2D eigenvalue weighted by Crippen LogP contribution is 2.32. The Morgan fingerprint density at radius 1 is 1.37 bits per heavy atom. The van der Waals surface area contributed by atoms with Gasteiger partial charge in [0.05, 0.1) is 10.3 Å². The molecule has 0 aliphatic carbocycles. The summed E-state index contributed by atoms with van der Waals surface area (Å²) in [6.45, 7) is 3.42. The molecule has 0 aliphatic heterocycles. The average Bonchev–Trinajstić information content (AvgIpc) is 2.38. The van der Waals surface area contributed by atoms with E-state index in [2.05, 4.69) is 10.6 Å². The number of benzene rings is 1. The summed E-state index contributed by atoms with van der Waals surface area (Å²) in [7, 11) is 1.89. The van der Waals surface area contributed by atoms with Crippen LogP contribution < -0.4 is 10.6 Å². The van der Waals surface area contributed by atoms with Crippen LogP contribution in [-0.2, 0) is 4.79 Å². The predicted octanol–water partition coefficient (Wildman–Crippen LogP) is 3.20. The molecule has 19 heavy (non-hydrogen) atoms. The Hall–Kier alpha value is -0.420. The van der Waals surface area contributed by atoms with E-state index in [4.69, 9.17) is 23.2 Å². The first-order valence-corrected chi connectivity index (χ1v) is 7.72. The number of carbonyl (C=O) groups excluding carboxylic acids is 1. The second-order valence-corrected chi connectivity index (χ2v) is 6.31. The zero-order valence-corrected chi connectivity index (χ0v) is 13.3. The van der Waals surface area contributed by atoms with Gasteiger partial charge in [-0.25, -0.2) is 0 Å². The summed E-state index contributed by atoms with van der Waals surface area (Å²) in [5.41, 5.74) is 0. The largest absolute Gasteiger partial charge is 0.355 e. The summed E-state index contributed by atoms with van der Waals surface area (Å²) >= 11 is 13.4. The molecule has 0 aromatic heterocycles. The first-order chi connectivity index (χ1) is 9.04. The van der Waals surface area contributed by atoms with Gasteiger partial charge in [-0.2, -0.15) is 0 Å². The lowest BCUT2D eigenvalue weighted by Gasteiger charge is -2.13. The number of halogens is 2. The molecule has 1 aromatic rings. The van der Waals surface area contributed by atoms with Gasteiger partial charge in [-0.3, -0.25) is 4.79 Å². The SMILES string of the molecule is CNCCCNC(=O)C(C)Sc1cc(Cl)ccc1Cl. The van der Waals surface area contributed by atoms with Crippen LogP contribution in [-0.4, -0.2) is 31.3 Å². The lowest BCUT2D eigenvalue weighted by atomic mass is 10.4. The second kappa shape index (κ2) is 8.69. The maximum Gasteiger partial charge on any atom is 0.233 e. The van der Waals surface area contributed by atoms with Crippen LogP contribution >= 0.6 is 35.0 Å². The van der Waals surface area contributed by atoms with Crippen molar-refractivity contribution in [2.24, 2.45) is 0 Å². The first-order valence-electron chi connectivity index (χ1n) is 6.08. The minimum atomic E-state index is -0.203. The van der Waals surface area contributed by atoms with Gasteiger partial charge >= 0.3 is 0 Å². The third-order valence-electron chi connectivity index (χ3n) is 2.47. The monoisotopic (exact) mass is 320 g/mol. The summed E-state index contributed by atoms with van der Waals surface area (Å²) in [6.07, 6.45) is 0.914. The number of hydrogen-bond acceptors (Lipinski definition) is 3. The van der Waals surface area contributed by atoms with Crippen molar-refractivity contribution >= 4 is 40.9 Å². The third-order valence-corrected chi connectivity index (χ3v) is 4.31. The van der Waals surface area contributed by atoms with Gasteiger partial charge in [-0.15, -0.1) is 11.8 Å². The summed E-state index contributed by atoms with van der Waals surface area (Å²) in [5, 5.41) is 6.96. The second-order valence-electron chi connectivity index (χ2n) is 4.08. The lowest BCUT2D eigenvalue weighted by Crippen LogP contribution is -2.32. The Bertz CT molecular complexity index is 429. The zero-order chi connectivity index (χ0) is 14.3. The number of hydrogen-bond donors (Lipinski definition) is 2. The molecule has 0 saturated heterocycles. The molecule has 1 aromatic carbocycles. The summed E-state index contributed by atoms with van der Waals surface area (Å²) in [6, 6.07) is 5.25. The molecule has 0 saturated carbocycles. The Morgan fingerprint density at radius 3 is 2.79 bits per heavy atom. The lowest BCUT2D eigenvalue weighted by molar-refractivity contribution is -0.120. The van der Waals surface area contributed by atoms with Crippen molar-refractivity contribution < 1.29 is 4.79 Å². The number of rotatable bonds is 7. The Balaban J connectivity index is 2.47. The van der Waals surface area contributed by atoms with E-state index >= 15 is 0 Å². The van der Waals surface area contributed by atoms with Crippen LogP contribution in [0.5, 0.6) is 0 Å². The summed E-state index contributed by atoms with van der Waals surface area (Å²) in [4.78, 5) is 12.7. The van der Waals surface area contributed by atoms with E-state index in [1.807, 2.05) is 14.0 Å². The molecule has 2 N–H and O–H groups in total. The van der Waals surface area contributed by atoms with Crippen molar-refractivity contribution in [3.63, 3.8) is 0 Å². The zero-order valence-electron chi connectivity index (χ0n) is 11.0. The molecule has 1 rings (SSSR count). The highest BCUT2D eigenvalue weighted by molar-refractivity contribution is 8.00. The molecular formula is C13H18Cl2N2OS. The average molecular weight is 321 g/mol. The minimum Gasteiger partial charge on any atom is -0.355 e. The van der Waals surface area contributed by atoms with Crippen LogP contribution in [0.1, 0.15) is 13.3 Å². The normalized spacial score (nSPS) is 12.2. The van der Waals surface area contributed by atoms with E-state index in [1.54, 1.807) is 18.2 Å². The molecule has 6 heteroatoms. The van der Waals surface area contributed by atoms with Gasteiger partial charge in [0.25, 0.3) is 0 Å². The fourth-order valence-electron chi connectivity index (χ4n) is 1.43. The van der Waals surface area contributed by atoms with Crippen LogP contribution in [0, 0.1) is 0 Å². The maximum absolute atomic E-state index is 11.9. The van der Waals surface area contributed by atoms with Gasteiger partial charge in [-0.05, 0) is 45.1 Å². The van der Waals surface area contributed by atoms with Crippen molar-refractivity contribution in [2.75, 3.05) is 20.1 Å². The Kier molecular flexibility index (Phi) is 7.61. The molecule has 0 aliphatic rings. The van der Waals surface area contributed by atoms with E-state index < -0.39 is 0 Å². The molecule has 1 atom stereocenters. The van der Waals surface area contributed by atoms with Crippen LogP contribution in [0.4, 0.5) is 0 Å². The predicted molar refractivity (Wildman–Crippen MR) is 83.3 cm³/mol. The Morgan fingerprint density at radius 2 is 2.11 bits per heavy atom. The summed E-state index contributed by atoms with van der Waals surface area (Å²) < 4.78 is 0. The molecule has 106 valence electrons. The van der Waals surface area contributed by atoms with Gasteiger partial charge in [0, 0.05) is 16.5 Å². The minimum absolute atomic E-state index is 0.0112. The van der Waals surface area contributed by atoms with E-state index in [-0.39, 0.29) is 11.2 Å². The highest BCUT2D eigenvalue weighted by Gasteiger charge is 2.15. The quantitative estimate of drug-likeness (QED) is 0.598. The molecule has 0 spiro atoms. The van der Waals surface area contributed by atoms with Gasteiger partial charge in [0.1, 0.15) is 0 Å². The number of carbonyl (C=O) groups is 1. The van der Waals surface area contributed by atoms with Gasteiger partial charge in [0.2, 0.25) is 5.91 Å². The molecule has 0 bridgehead atoms. The van der Waals surface area contributed by atoms with Crippen LogP contribution in [0.25, 0.3) is 0 Å². The standard InChI is InChI=1S/C13H18Cl2N2OS/c1-9(13(18)17-7-3-6-16-2)19-12-8-10(14)4-5-11(12)15/h4-5,8-9,16H,3,6-7H2,1-2H3,(H,17,18). The summed E-state index contributed by atoms with van der Waals surface area (Å²) in [5.74, 6) is 0.0112. The van der Waals surface area contributed by atoms with Crippen molar-refractivity contribution in [2.45, 2.75) is 23.5 Å². The fraction of sp³-hybridized carbons (Fsp3) is 0.462. The van der Waals surface area contributed by atoms with Crippen molar-refractivity contribution in [1.29, 1.82) is 0 Å². The van der Waals surface area contributed by atoms with E-state index in [9.17, 15) is 4.79 Å². The van der Waals surface area contributed by atoms with Gasteiger partial charge in [-0.1, -0.05) is 23.2 Å². The van der Waals surface area contributed by atoms with Crippen molar-refractivity contribution in [3.8, 4) is 0 Å². The molecule has 0 radical (unpaired) electrons. The van der Waals surface area contributed by atoms with Gasteiger partial charge in [0.15, 0.2) is 0 Å². The van der Waals surface area contributed by atoms with Crippen LogP contribution in [0.15, 0.2) is 23.1 Å². The van der Waals surface area contributed by atoms with Crippen LogP contribution in [0.2, 0.25) is 10.0 Å². The fourth-order valence-corrected chi connectivity index (χ4v) is 2.87. The highest BCUT2D eigenvalue weighted by atomic mass is 35.5. The molecule has 1 unspecified atom stereocenters. The van der Waals surface area contributed by atoms with Gasteiger partial charge < -0.3 is 10.6 Å². The number of thioether (sulfide) groups is 1. The molecule has 3 nitrogen and oxygen atoms in total. The van der Waals surface area contributed by atoms with E-state index in [0.717, 1.165) is 17.9 Å². The molecule has 0 fully saturated rings.